The van der Waals surface area contributed by atoms with Gasteiger partial charge in [-0.15, -0.1) is 0 Å². The molecule has 104 valence electrons. The molecule has 9 nitrogen and oxygen atoms in total. The molecule has 1 heterocycles. The molecule has 0 saturated heterocycles. The number of rotatable bonds is 7. The van der Waals surface area contributed by atoms with E-state index in [4.69, 9.17) is 16.6 Å². The van der Waals surface area contributed by atoms with E-state index >= 15 is 0 Å². The minimum absolute atomic E-state index is 0.175. The van der Waals surface area contributed by atoms with Crippen LogP contribution in [0.15, 0.2) is 12.5 Å². The van der Waals surface area contributed by atoms with E-state index in [1.807, 2.05) is 0 Å². The fourth-order valence-electron chi connectivity index (χ4n) is 1.41. The Bertz CT molecular complexity index is 458. The van der Waals surface area contributed by atoms with Gasteiger partial charge in [-0.3, -0.25) is 9.59 Å². The molecule has 1 rings (SSSR count). The number of nitrogens with two attached hydrogens (primary N) is 2. The van der Waals surface area contributed by atoms with Crippen molar-refractivity contribution in [2.24, 2.45) is 11.5 Å². The summed E-state index contributed by atoms with van der Waals surface area (Å²) in [5, 5.41) is 11.0. The van der Waals surface area contributed by atoms with E-state index in [9.17, 15) is 14.4 Å². The van der Waals surface area contributed by atoms with Crippen molar-refractivity contribution in [2.75, 3.05) is 0 Å². The van der Waals surface area contributed by atoms with Crippen molar-refractivity contribution in [1.29, 1.82) is 0 Å². The first kappa shape index (κ1) is 14.6. The summed E-state index contributed by atoms with van der Waals surface area (Å²) in [7, 11) is 0. The Morgan fingerprint density at radius 3 is 2.63 bits per heavy atom. The first-order valence-corrected chi connectivity index (χ1v) is 5.44. The third-order valence-electron chi connectivity index (χ3n) is 2.35. The molecule has 0 aliphatic rings. The van der Waals surface area contributed by atoms with Crippen LogP contribution >= 0.6 is 0 Å². The second-order valence-electron chi connectivity index (χ2n) is 3.96. The fraction of sp³-hybridized carbons (Fsp3) is 0.400. The number of carbonyl (C=O) groups excluding carboxylic acids is 2. The van der Waals surface area contributed by atoms with Crippen molar-refractivity contribution in [3.8, 4) is 0 Å². The Balaban J connectivity index is 2.56. The maximum Gasteiger partial charge on any atom is 0.326 e. The van der Waals surface area contributed by atoms with Crippen LogP contribution in [-0.2, 0) is 20.8 Å². The third-order valence-corrected chi connectivity index (χ3v) is 2.35. The van der Waals surface area contributed by atoms with E-state index in [1.54, 1.807) is 0 Å². The van der Waals surface area contributed by atoms with Crippen molar-refractivity contribution in [3.63, 3.8) is 0 Å². The van der Waals surface area contributed by atoms with Gasteiger partial charge in [0.15, 0.2) is 0 Å². The van der Waals surface area contributed by atoms with Crippen LogP contribution in [0.1, 0.15) is 12.1 Å². The maximum absolute atomic E-state index is 11.7. The van der Waals surface area contributed by atoms with Gasteiger partial charge in [-0.05, 0) is 0 Å². The van der Waals surface area contributed by atoms with Crippen LogP contribution in [0.25, 0.3) is 0 Å². The molecular weight excluding hydrogens is 254 g/mol. The highest BCUT2D eigenvalue weighted by atomic mass is 16.4. The average Bonchev–Trinajstić information content (AvgIpc) is 2.79. The number of H-pyrrole nitrogens is 1. The lowest BCUT2D eigenvalue weighted by Crippen LogP contribution is -2.50. The predicted octanol–water partition coefficient (Wildman–Crippen LogP) is -2.28. The largest absolute Gasteiger partial charge is 0.480 e. The zero-order valence-electron chi connectivity index (χ0n) is 10.00. The second kappa shape index (κ2) is 6.50. The maximum atomic E-state index is 11.7. The normalized spacial score (nSPS) is 13.5. The summed E-state index contributed by atoms with van der Waals surface area (Å²) < 4.78 is 0. The standard InChI is InChI=1S/C10H15N5O4/c11-6(1-5-3-13-4-14-5)9(17)15-7(10(18)19)2-8(12)16/h3-4,6-7H,1-2,11H2,(H2,12,16)(H,13,14)(H,15,17)(H,18,19)/t6-,7-/m0/s1. The minimum atomic E-state index is -1.38. The highest BCUT2D eigenvalue weighted by molar-refractivity contribution is 5.90. The quantitative estimate of drug-likeness (QED) is 0.374. The van der Waals surface area contributed by atoms with Gasteiger partial charge in [0.1, 0.15) is 6.04 Å². The first-order valence-electron chi connectivity index (χ1n) is 5.44. The number of carboxylic acids is 1. The molecule has 2 atom stereocenters. The zero-order chi connectivity index (χ0) is 14.4. The molecule has 0 radical (unpaired) electrons. The molecule has 0 saturated carbocycles. The molecule has 0 unspecified atom stereocenters. The van der Waals surface area contributed by atoms with E-state index in [0.29, 0.717) is 5.69 Å². The number of carbonyl (C=O) groups is 3. The van der Waals surface area contributed by atoms with Crippen LogP contribution in [0.4, 0.5) is 0 Å². The van der Waals surface area contributed by atoms with Gasteiger partial charge in [0.25, 0.3) is 0 Å². The summed E-state index contributed by atoms with van der Waals surface area (Å²) in [6, 6.07) is -2.33. The Morgan fingerprint density at radius 2 is 2.16 bits per heavy atom. The Hall–Kier alpha value is -2.42. The topological polar surface area (TPSA) is 164 Å². The summed E-state index contributed by atoms with van der Waals surface area (Å²) in [5.41, 5.74) is 11.2. The number of carboxylic acid groups (broad SMARTS) is 1. The summed E-state index contributed by atoms with van der Waals surface area (Å²) in [5.74, 6) is -2.85. The smallest absolute Gasteiger partial charge is 0.326 e. The number of aromatic nitrogens is 2. The van der Waals surface area contributed by atoms with Gasteiger partial charge in [-0.1, -0.05) is 0 Å². The number of nitrogens with zero attached hydrogens (tertiary/aromatic N) is 1. The van der Waals surface area contributed by atoms with Crippen molar-refractivity contribution in [2.45, 2.75) is 24.9 Å². The van der Waals surface area contributed by atoms with Gasteiger partial charge in [0, 0.05) is 18.3 Å². The average molecular weight is 269 g/mol. The minimum Gasteiger partial charge on any atom is -0.480 e. The van der Waals surface area contributed by atoms with E-state index in [-0.39, 0.29) is 6.42 Å². The van der Waals surface area contributed by atoms with Crippen LogP contribution < -0.4 is 16.8 Å². The molecule has 7 N–H and O–H groups in total. The summed E-state index contributed by atoms with van der Waals surface area (Å²) in [4.78, 5) is 39.7. The van der Waals surface area contributed by atoms with Gasteiger partial charge in [0.2, 0.25) is 11.8 Å². The van der Waals surface area contributed by atoms with Gasteiger partial charge in [0.05, 0.1) is 18.8 Å². The van der Waals surface area contributed by atoms with Gasteiger partial charge >= 0.3 is 5.97 Å². The lowest BCUT2D eigenvalue weighted by molar-refractivity contribution is -0.143. The Labute approximate surface area is 108 Å². The lowest BCUT2D eigenvalue weighted by atomic mass is 10.1. The molecule has 1 aromatic heterocycles. The molecule has 9 heteroatoms. The van der Waals surface area contributed by atoms with Crippen molar-refractivity contribution in [3.05, 3.63) is 18.2 Å². The Kier molecular flexibility index (Phi) is 5.01. The van der Waals surface area contributed by atoms with Crippen LogP contribution in [0, 0.1) is 0 Å². The van der Waals surface area contributed by atoms with E-state index in [2.05, 4.69) is 15.3 Å². The predicted molar refractivity (Wildman–Crippen MR) is 63.6 cm³/mol. The number of hydrogen-bond acceptors (Lipinski definition) is 5. The molecule has 0 fully saturated rings. The third kappa shape index (κ3) is 4.76. The summed E-state index contributed by atoms with van der Waals surface area (Å²) in [6.07, 6.45) is 2.63. The molecule has 0 aliphatic carbocycles. The highest BCUT2D eigenvalue weighted by Gasteiger charge is 2.25. The van der Waals surface area contributed by atoms with E-state index in [1.165, 1.54) is 12.5 Å². The SMILES string of the molecule is NC(=O)C[C@H](NC(=O)[C@@H](N)Cc1cnc[nH]1)C(=O)O. The van der Waals surface area contributed by atoms with Gasteiger partial charge in [-0.2, -0.15) is 0 Å². The number of aromatic amines is 1. The van der Waals surface area contributed by atoms with E-state index in [0.717, 1.165) is 0 Å². The number of amides is 2. The summed E-state index contributed by atoms with van der Waals surface area (Å²) >= 11 is 0. The van der Waals surface area contributed by atoms with Crippen LogP contribution in [-0.4, -0.2) is 44.9 Å². The molecule has 1 aromatic rings. The number of hydrogen-bond donors (Lipinski definition) is 5. The lowest BCUT2D eigenvalue weighted by Gasteiger charge is -2.16. The van der Waals surface area contributed by atoms with Gasteiger partial charge in [-0.25, -0.2) is 9.78 Å². The number of primary amides is 1. The molecule has 2 amide bonds. The number of nitrogens with one attached hydrogen (secondary N) is 2. The monoisotopic (exact) mass is 269 g/mol. The number of imidazole rings is 1. The zero-order valence-corrected chi connectivity index (χ0v) is 10.00. The second-order valence-corrected chi connectivity index (χ2v) is 3.96. The Morgan fingerprint density at radius 1 is 1.47 bits per heavy atom. The molecule has 0 bridgehead atoms. The summed E-state index contributed by atoms with van der Waals surface area (Å²) in [6.45, 7) is 0. The van der Waals surface area contributed by atoms with Crippen molar-refractivity contribution >= 4 is 17.8 Å². The fourth-order valence-corrected chi connectivity index (χ4v) is 1.41. The van der Waals surface area contributed by atoms with Crippen molar-refractivity contribution < 1.29 is 19.5 Å². The van der Waals surface area contributed by atoms with Crippen LogP contribution in [0.2, 0.25) is 0 Å². The van der Waals surface area contributed by atoms with E-state index < -0.39 is 36.3 Å². The highest BCUT2D eigenvalue weighted by Crippen LogP contribution is 1.98. The number of aliphatic carboxylic acids is 1. The first-order chi connectivity index (χ1) is 8.90. The molecule has 0 spiro atoms. The van der Waals surface area contributed by atoms with Crippen molar-refractivity contribution in [1.82, 2.24) is 15.3 Å². The molecule has 19 heavy (non-hydrogen) atoms. The molecular formula is C10H15N5O4. The molecule has 0 aliphatic heterocycles. The van der Waals surface area contributed by atoms with Gasteiger partial charge < -0.3 is 26.9 Å². The van der Waals surface area contributed by atoms with Crippen LogP contribution in [0.3, 0.4) is 0 Å². The van der Waals surface area contributed by atoms with Crippen LogP contribution in [0.5, 0.6) is 0 Å². The molecule has 0 aromatic carbocycles.